The highest BCUT2D eigenvalue weighted by Gasteiger charge is 2.28. The minimum Gasteiger partial charge on any atom is -0.331 e. The molecule has 4 rings (SSSR count). The maximum absolute atomic E-state index is 5.87. The van der Waals surface area contributed by atoms with Gasteiger partial charge in [-0.05, 0) is 35.5 Å². The molecule has 136 valence electrons. The molecule has 0 N–H and O–H groups in total. The summed E-state index contributed by atoms with van der Waals surface area (Å²) in [5.74, 6) is 0. The molecule has 3 nitrogen and oxygen atoms in total. The van der Waals surface area contributed by atoms with Gasteiger partial charge in [-0.15, -0.1) is 0 Å². The van der Waals surface area contributed by atoms with E-state index >= 15 is 0 Å². The summed E-state index contributed by atoms with van der Waals surface area (Å²) >= 11 is 5.87. The highest BCUT2D eigenvalue weighted by molar-refractivity contribution is 7.80. The lowest BCUT2D eigenvalue weighted by atomic mass is 10.2. The summed E-state index contributed by atoms with van der Waals surface area (Å²) in [7, 11) is 0. The molecular weight excluding hydrogens is 350 g/mol. The molecule has 0 unspecified atom stereocenters. The summed E-state index contributed by atoms with van der Waals surface area (Å²) in [6.07, 6.45) is 0. The molecule has 1 fully saturated rings. The lowest BCUT2D eigenvalue weighted by Gasteiger charge is -2.44. The SMILES string of the molecule is S=C1N(Cc2ccccc2)CN(Cc2ccccc2)CN1c1ccccc1. The first-order chi connectivity index (χ1) is 13.3. The number of anilines is 1. The second kappa shape index (κ2) is 8.33. The molecular formula is C23H23N3S. The van der Waals surface area contributed by atoms with Gasteiger partial charge in [0.05, 0.1) is 13.3 Å². The maximum atomic E-state index is 5.87. The van der Waals surface area contributed by atoms with Crippen LogP contribution in [0.25, 0.3) is 0 Å². The molecule has 0 atom stereocenters. The highest BCUT2D eigenvalue weighted by Crippen LogP contribution is 2.23. The molecule has 0 aliphatic carbocycles. The molecule has 1 heterocycles. The van der Waals surface area contributed by atoms with Crippen molar-refractivity contribution in [3.05, 3.63) is 102 Å². The van der Waals surface area contributed by atoms with E-state index in [9.17, 15) is 0 Å². The van der Waals surface area contributed by atoms with Crippen molar-refractivity contribution in [1.29, 1.82) is 0 Å². The van der Waals surface area contributed by atoms with Crippen LogP contribution in [-0.2, 0) is 13.1 Å². The van der Waals surface area contributed by atoms with Gasteiger partial charge in [-0.25, -0.2) is 0 Å². The molecule has 0 amide bonds. The lowest BCUT2D eigenvalue weighted by Crippen LogP contribution is -2.57. The molecule has 0 aromatic heterocycles. The van der Waals surface area contributed by atoms with Crippen LogP contribution in [0.3, 0.4) is 0 Å². The summed E-state index contributed by atoms with van der Waals surface area (Å²) in [5, 5.41) is 0.884. The van der Waals surface area contributed by atoms with Crippen LogP contribution in [0.5, 0.6) is 0 Å². The standard InChI is InChI=1S/C23H23N3S/c27-23-25(17-21-12-6-2-7-13-21)18-24(16-20-10-4-1-5-11-20)19-26(23)22-14-8-3-9-15-22/h1-15H,16-19H2. The summed E-state index contributed by atoms with van der Waals surface area (Å²) in [6.45, 7) is 3.33. The van der Waals surface area contributed by atoms with Gasteiger partial charge in [-0.2, -0.15) is 0 Å². The number of hydrogen-bond donors (Lipinski definition) is 0. The highest BCUT2D eigenvalue weighted by atomic mass is 32.1. The van der Waals surface area contributed by atoms with Crippen LogP contribution >= 0.6 is 12.2 Å². The molecule has 4 heteroatoms. The van der Waals surface area contributed by atoms with E-state index in [1.165, 1.54) is 11.1 Å². The predicted molar refractivity (Wildman–Crippen MR) is 115 cm³/mol. The van der Waals surface area contributed by atoms with Gasteiger partial charge in [-0.3, -0.25) is 4.90 Å². The van der Waals surface area contributed by atoms with Crippen LogP contribution in [-0.4, -0.2) is 28.2 Å². The normalized spacial score (nSPS) is 15.2. The van der Waals surface area contributed by atoms with Crippen molar-refractivity contribution in [3.63, 3.8) is 0 Å². The topological polar surface area (TPSA) is 9.72 Å². The maximum Gasteiger partial charge on any atom is 0.178 e. The molecule has 0 saturated carbocycles. The van der Waals surface area contributed by atoms with E-state index in [0.717, 1.165) is 37.2 Å². The van der Waals surface area contributed by atoms with Gasteiger partial charge in [0.2, 0.25) is 0 Å². The van der Waals surface area contributed by atoms with Gasteiger partial charge in [0.1, 0.15) is 0 Å². The lowest BCUT2D eigenvalue weighted by molar-refractivity contribution is 0.156. The van der Waals surface area contributed by atoms with E-state index < -0.39 is 0 Å². The quantitative estimate of drug-likeness (QED) is 0.599. The Morgan fingerprint density at radius 3 is 1.74 bits per heavy atom. The molecule has 0 radical (unpaired) electrons. The van der Waals surface area contributed by atoms with E-state index in [-0.39, 0.29) is 0 Å². The van der Waals surface area contributed by atoms with Gasteiger partial charge in [-0.1, -0.05) is 78.9 Å². The third-order valence-corrected chi connectivity index (χ3v) is 5.23. The molecule has 3 aromatic carbocycles. The van der Waals surface area contributed by atoms with Crippen molar-refractivity contribution >= 4 is 23.0 Å². The Balaban J connectivity index is 1.58. The molecule has 3 aromatic rings. The monoisotopic (exact) mass is 373 g/mol. The Hall–Kier alpha value is -2.69. The van der Waals surface area contributed by atoms with Crippen LogP contribution in [0.15, 0.2) is 91.0 Å². The van der Waals surface area contributed by atoms with Gasteiger partial charge >= 0.3 is 0 Å². The van der Waals surface area contributed by atoms with E-state index in [1.807, 2.05) is 6.07 Å². The van der Waals surface area contributed by atoms with Gasteiger partial charge in [0.15, 0.2) is 5.11 Å². The molecule has 1 aliphatic rings. The van der Waals surface area contributed by atoms with E-state index in [1.54, 1.807) is 0 Å². The Labute approximate surface area is 166 Å². The largest absolute Gasteiger partial charge is 0.331 e. The first kappa shape index (κ1) is 17.7. The Morgan fingerprint density at radius 2 is 1.15 bits per heavy atom. The number of benzene rings is 3. The van der Waals surface area contributed by atoms with Crippen LogP contribution in [0.4, 0.5) is 5.69 Å². The molecule has 1 aliphatic heterocycles. The van der Waals surface area contributed by atoms with Crippen LogP contribution in [0.2, 0.25) is 0 Å². The number of para-hydroxylation sites is 1. The van der Waals surface area contributed by atoms with Crippen molar-refractivity contribution in [3.8, 4) is 0 Å². The minimum absolute atomic E-state index is 0.795. The molecule has 0 bridgehead atoms. The average Bonchev–Trinajstić information content (AvgIpc) is 2.72. The van der Waals surface area contributed by atoms with Crippen molar-refractivity contribution < 1.29 is 0 Å². The fourth-order valence-corrected chi connectivity index (χ4v) is 3.73. The fourth-order valence-electron chi connectivity index (χ4n) is 3.44. The van der Waals surface area contributed by atoms with Crippen LogP contribution in [0.1, 0.15) is 11.1 Å². The predicted octanol–water partition coefficient (Wildman–Crippen LogP) is 4.71. The van der Waals surface area contributed by atoms with Crippen LogP contribution in [0, 0.1) is 0 Å². The fraction of sp³-hybridized carbons (Fsp3) is 0.174. The van der Waals surface area contributed by atoms with Crippen molar-refractivity contribution in [2.24, 2.45) is 0 Å². The summed E-state index contributed by atoms with van der Waals surface area (Å²) in [5.41, 5.74) is 3.73. The van der Waals surface area contributed by atoms with Gasteiger partial charge in [0.25, 0.3) is 0 Å². The molecule has 1 saturated heterocycles. The number of thiocarbonyl (C=S) groups is 1. The number of hydrogen-bond acceptors (Lipinski definition) is 2. The van der Waals surface area contributed by atoms with Gasteiger partial charge in [0, 0.05) is 18.8 Å². The molecule has 0 spiro atoms. The second-order valence-electron chi connectivity index (χ2n) is 6.83. The van der Waals surface area contributed by atoms with Crippen molar-refractivity contribution in [2.75, 3.05) is 18.2 Å². The van der Waals surface area contributed by atoms with E-state index in [4.69, 9.17) is 12.2 Å². The third-order valence-electron chi connectivity index (χ3n) is 4.75. The molecule has 27 heavy (non-hydrogen) atoms. The zero-order valence-electron chi connectivity index (χ0n) is 15.2. The smallest absolute Gasteiger partial charge is 0.178 e. The zero-order chi connectivity index (χ0) is 18.5. The first-order valence-electron chi connectivity index (χ1n) is 9.21. The number of rotatable bonds is 5. The van der Waals surface area contributed by atoms with Crippen molar-refractivity contribution in [2.45, 2.75) is 13.1 Å². The van der Waals surface area contributed by atoms with E-state index in [2.05, 4.69) is 99.6 Å². The van der Waals surface area contributed by atoms with E-state index in [0.29, 0.717) is 0 Å². The third kappa shape index (κ3) is 4.35. The Morgan fingerprint density at radius 1 is 0.630 bits per heavy atom. The van der Waals surface area contributed by atoms with Gasteiger partial charge < -0.3 is 9.80 Å². The average molecular weight is 374 g/mol. The number of nitrogens with zero attached hydrogens (tertiary/aromatic N) is 3. The Kier molecular flexibility index (Phi) is 5.47. The second-order valence-corrected chi connectivity index (χ2v) is 7.19. The minimum atomic E-state index is 0.795. The summed E-state index contributed by atoms with van der Waals surface area (Å²) in [4.78, 5) is 6.94. The summed E-state index contributed by atoms with van der Waals surface area (Å²) in [6, 6.07) is 31.6. The Bertz CT molecular complexity index is 868. The first-order valence-corrected chi connectivity index (χ1v) is 9.62. The summed E-state index contributed by atoms with van der Waals surface area (Å²) < 4.78 is 0. The van der Waals surface area contributed by atoms with Crippen LogP contribution < -0.4 is 4.90 Å². The zero-order valence-corrected chi connectivity index (χ0v) is 16.1. The van der Waals surface area contributed by atoms with Crippen molar-refractivity contribution in [1.82, 2.24) is 9.80 Å².